The van der Waals surface area contributed by atoms with Gasteiger partial charge in [0.1, 0.15) is 0 Å². The van der Waals surface area contributed by atoms with Gasteiger partial charge in [-0.05, 0) is 18.8 Å². The van der Waals surface area contributed by atoms with E-state index in [0.717, 1.165) is 12.8 Å². The van der Waals surface area contributed by atoms with Crippen LogP contribution in [0.5, 0.6) is 0 Å². The number of aliphatic carboxylic acids is 1. The van der Waals surface area contributed by atoms with Crippen molar-refractivity contribution >= 4 is 5.97 Å². The highest BCUT2D eigenvalue weighted by molar-refractivity contribution is 5.66. The Morgan fingerprint density at radius 1 is 1.31 bits per heavy atom. The Kier molecular flexibility index (Phi) is 10.1. The first-order valence-electron chi connectivity index (χ1n) is 6.17. The molecule has 0 radical (unpaired) electrons. The molecule has 16 heavy (non-hydrogen) atoms. The van der Waals surface area contributed by atoms with Crippen LogP contribution < -0.4 is 0 Å². The summed E-state index contributed by atoms with van der Waals surface area (Å²) in [7, 11) is 0. The van der Waals surface area contributed by atoms with Crippen LogP contribution >= 0.6 is 0 Å². The van der Waals surface area contributed by atoms with Crippen LogP contribution in [0.3, 0.4) is 0 Å². The second kappa shape index (κ2) is 10.7. The summed E-state index contributed by atoms with van der Waals surface area (Å²) in [6.45, 7) is 2.16. The van der Waals surface area contributed by atoms with Crippen molar-refractivity contribution in [3.8, 4) is 0 Å². The van der Waals surface area contributed by atoms with E-state index in [0.29, 0.717) is 25.1 Å². The molecule has 94 valence electrons. The van der Waals surface area contributed by atoms with E-state index in [1.807, 2.05) is 0 Å². The summed E-state index contributed by atoms with van der Waals surface area (Å²) in [6, 6.07) is 0. The fourth-order valence-corrected chi connectivity index (χ4v) is 1.81. The molecule has 0 saturated heterocycles. The third-order valence-corrected chi connectivity index (χ3v) is 2.79. The van der Waals surface area contributed by atoms with Gasteiger partial charge in [0.2, 0.25) is 0 Å². The fraction of sp³-hybridized carbons (Fsp3) is 0.769. The van der Waals surface area contributed by atoms with Crippen molar-refractivity contribution in [1.82, 2.24) is 0 Å². The topological polar surface area (TPSA) is 37.3 Å². The van der Waals surface area contributed by atoms with Gasteiger partial charge in [0.25, 0.3) is 0 Å². The first-order valence-corrected chi connectivity index (χ1v) is 6.17. The summed E-state index contributed by atoms with van der Waals surface area (Å²) < 4.78 is 11.9. The van der Waals surface area contributed by atoms with E-state index >= 15 is 0 Å². The van der Waals surface area contributed by atoms with E-state index in [-0.39, 0.29) is 6.42 Å². The predicted molar refractivity (Wildman–Crippen MR) is 64.0 cm³/mol. The van der Waals surface area contributed by atoms with Crippen LogP contribution in [0.4, 0.5) is 4.39 Å². The zero-order valence-electron chi connectivity index (χ0n) is 10.1. The molecule has 0 amide bonds. The first kappa shape index (κ1) is 15.1. The molecule has 0 heterocycles. The molecule has 0 aliphatic carbocycles. The fourth-order valence-electron chi connectivity index (χ4n) is 1.81. The maximum absolute atomic E-state index is 11.9. The Morgan fingerprint density at radius 2 is 2.06 bits per heavy atom. The molecular formula is C13H23FO2. The number of allylic oxidation sites excluding steroid dienone is 1. The number of hydrogen-bond donors (Lipinski definition) is 1. The van der Waals surface area contributed by atoms with Gasteiger partial charge in [-0.1, -0.05) is 45.1 Å². The van der Waals surface area contributed by atoms with Gasteiger partial charge in [0.05, 0.1) is 6.33 Å². The second-order valence-corrected chi connectivity index (χ2v) is 4.25. The average Bonchev–Trinajstić information content (AvgIpc) is 2.26. The number of halogens is 1. The lowest BCUT2D eigenvalue weighted by Crippen LogP contribution is -2.04. The summed E-state index contributed by atoms with van der Waals surface area (Å²) in [6.07, 6.45) is 9.32. The zero-order chi connectivity index (χ0) is 12.2. The minimum absolute atomic E-state index is 0.193. The Balaban J connectivity index is 3.75. The number of carbonyl (C=O) groups is 1. The normalized spacial score (nSPS) is 13.1. The number of carboxylic acid groups (broad SMARTS) is 1. The summed E-state index contributed by atoms with van der Waals surface area (Å²) in [5, 5.41) is 8.61. The van der Waals surface area contributed by atoms with Crippen LogP contribution in [0.1, 0.15) is 58.3 Å². The smallest absolute Gasteiger partial charge is 0.303 e. The van der Waals surface area contributed by atoms with Crippen LogP contribution in [-0.2, 0) is 4.79 Å². The molecule has 0 rings (SSSR count). The van der Waals surface area contributed by atoms with Gasteiger partial charge >= 0.3 is 5.97 Å². The SMILES string of the molecule is CCCCCCC(CC=CF)CCC(=O)O. The zero-order valence-corrected chi connectivity index (χ0v) is 10.1. The highest BCUT2D eigenvalue weighted by atomic mass is 19.1. The second-order valence-electron chi connectivity index (χ2n) is 4.25. The Labute approximate surface area is 97.6 Å². The maximum Gasteiger partial charge on any atom is 0.303 e. The van der Waals surface area contributed by atoms with Gasteiger partial charge < -0.3 is 5.11 Å². The first-order chi connectivity index (χ1) is 7.70. The van der Waals surface area contributed by atoms with Crippen molar-refractivity contribution < 1.29 is 14.3 Å². The minimum atomic E-state index is -0.761. The van der Waals surface area contributed by atoms with Crippen LogP contribution in [0.15, 0.2) is 12.4 Å². The van der Waals surface area contributed by atoms with E-state index in [1.165, 1.54) is 25.3 Å². The van der Waals surface area contributed by atoms with Gasteiger partial charge in [-0.3, -0.25) is 4.79 Å². The highest BCUT2D eigenvalue weighted by Crippen LogP contribution is 2.20. The van der Waals surface area contributed by atoms with E-state index in [2.05, 4.69) is 6.92 Å². The molecule has 1 N–H and O–H groups in total. The molecule has 0 aromatic heterocycles. The van der Waals surface area contributed by atoms with Gasteiger partial charge in [0.15, 0.2) is 0 Å². The molecule has 2 nitrogen and oxygen atoms in total. The molecule has 0 spiro atoms. The lowest BCUT2D eigenvalue weighted by atomic mass is 9.93. The molecule has 0 aromatic rings. The average molecular weight is 230 g/mol. The van der Waals surface area contributed by atoms with Crippen LogP contribution in [0.25, 0.3) is 0 Å². The Morgan fingerprint density at radius 3 is 2.62 bits per heavy atom. The lowest BCUT2D eigenvalue weighted by Gasteiger charge is -2.13. The van der Waals surface area contributed by atoms with E-state index in [4.69, 9.17) is 5.11 Å². The molecule has 1 atom stereocenters. The van der Waals surface area contributed by atoms with Crippen LogP contribution in [0.2, 0.25) is 0 Å². The highest BCUT2D eigenvalue weighted by Gasteiger charge is 2.09. The van der Waals surface area contributed by atoms with E-state index < -0.39 is 5.97 Å². The van der Waals surface area contributed by atoms with Gasteiger partial charge in [-0.25, -0.2) is 4.39 Å². The third-order valence-electron chi connectivity index (χ3n) is 2.79. The Bertz CT molecular complexity index is 202. The summed E-state index contributed by atoms with van der Waals surface area (Å²) in [4.78, 5) is 10.5. The van der Waals surface area contributed by atoms with Crippen LogP contribution in [0, 0.1) is 5.92 Å². The van der Waals surface area contributed by atoms with Gasteiger partial charge in [-0.2, -0.15) is 0 Å². The molecule has 3 heteroatoms. The Hall–Kier alpha value is -0.860. The quantitative estimate of drug-likeness (QED) is 0.568. The van der Waals surface area contributed by atoms with Crippen molar-refractivity contribution in [1.29, 1.82) is 0 Å². The predicted octanol–water partition coefficient (Wildman–Crippen LogP) is 4.31. The van der Waals surface area contributed by atoms with Gasteiger partial charge in [-0.15, -0.1) is 0 Å². The number of unbranched alkanes of at least 4 members (excludes halogenated alkanes) is 3. The van der Waals surface area contributed by atoms with Crippen molar-refractivity contribution in [2.75, 3.05) is 0 Å². The van der Waals surface area contributed by atoms with Crippen molar-refractivity contribution in [3.63, 3.8) is 0 Å². The standard InChI is InChI=1S/C13H23FO2/c1-2-3-4-5-7-12(8-6-11-14)9-10-13(15)16/h6,11-12H,2-5,7-10H2,1H3,(H,15,16). The van der Waals surface area contributed by atoms with Crippen molar-refractivity contribution in [2.45, 2.75) is 58.3 Å². The van der Waals surface area contributed by atoms with Crippen molar-refractivity contribution in [3.05, 3.63) is 12.4 Å². The lowest BCUT2D eigenvalue weighted by molar-refractivity contribution is -0.137. The van der Waals surface area contributed by atoms with Crippen LogP contribution in [-0.4, -0.2) is 11.1 Å². The molecule has 0 bridgehead atoms. The minimum Gasteiger partial charge on any atom is -0.481 e. The summed E-state index contributed by atoms with van der Waals surface area (Å²) >= 11 is 0. The number of carboxylic acids is 1. The van der Waals surface area contributed by atoms with Crippen molar-refractivity contribution in [2.24, 2.45) is 5.92 Å². The number of rotatable bonds is 10. The number of hydrogen-bond acceptors (Lipinski definition) is 1. The third kappa shape index (κ3) is 9.69. The molecule has 0 aliphatic rings. The molecule has 0 aromatic carbocycles. The van der Waals surface area contributed by atoms with Gasteiger partial charge in [0, 0.05) is 6.42 Å². The molecule has 0 fully saturated rings. The van der Waals surface area contributed by atoms with E-state index in [1.54, 1.807) is 0 Å². The molecule has 0 saturated carbocycles. The summed E-state index contributed by atoms with van der Waals surface area (Å²) in [5.41, 5.74) is 0. The maximum atomic E-state index is 11.9. The molecule has 0 aliphatic heterocycles. The largest absolute Gasteiger partial charge is 0.481 e. The summed E-state index contributed by atoms with van der Waals surface area (Å²) in [5.74, 6) is -0.442. The molecular weight excluding hydrogens is 207 g/mol. The monoisotopic (exact) mass is 230 g/mol. The molecule has 1 unspecified atom stereocenters. The van der Waals surface area contributed by atoms with E-state index in [9.17, 15) is 9.18 Å².